The predicted octanol–water partition coefficient (Wildman–Crippen LogP) is 2.48. The van der Waals surface area contributed by atoms with Gasteiger partial charge in [0.2, 0.25) is 5.91 Å². The molecule has 1 atom stereocenters. The van der Waals surface area contributed by atoms with Gasteiger partial charge in [0.1, 0.15) is 5.82 Å². The largest absolute Gasteiger partial charge is 0.368 e. The number of hydrogen-bond donors (Lipinski definition) is 1. The number of anilines is 1. The number of imidazole rings is 1. The van der Waals surface area contributed by atoms with Crippen molar-refractivity contribution in [3.63, 3.8) is 0 Å². The van der Waals surface area contributed by atoms with E-state index >= 15 is 0 Å². The summed E-state index contributed by atoms with van der Waals surface area (Å²) in [5.41, 5.74) is 4.87. The van der Waals surface area contributed by atoms with E-state index in [0.29, 0.717) is 5.91 Å². The van der Waals surface area contributed by atoms with Crippen LogP contribution in [0.2, 0.25) is 0 Å². The Morgan fingerprint density at radius 1 is 1.20 bits per heavy atom. The summed E-state index contributed by atoms with van der Waals surface area (Å²) in [5, 5.41) is 0. The Morgan fingerprint density at radius 3 is 2.76 bits per heavy atom. The van der Waals surface area contributed by atoms with Crippen LogP contribution in [-0.4, -0.2) is 47.0 Å². The molecule has 1 aromatic carbocycles. The van der Waals surface area contributed by atoms with E-state index < -0.39 is 0 Å². The maximum Gasteiger partial charge on any atom is 0.226 e. The summed E-state index contributed by atoms with van der Waals surface area (Å²) in [6.45, 7) is 7.57. The van der Waals surface area contributed by atoms with E-state index in [4.69, 9.17) is 0 Å². The third-order valence-electron chi connectivity index (χ3n) is 5.47. The van der Waals surface area contributed by atoms with Crippen molar-refractivity contribution >= 4 is 11.6 Å². The summed E-state index contributed by atoms with van der Waals surface area (Å²) in [7, 11) is 0. The lowest BCUT2D eigenvalue weighted by Gasteiger charge is -2.38. The molecule has 5 heteroatoms. The summed E-state index contributed by atoms with van der Waals surface area (Å²) in [5.74, 6) is 1.39. The second-order valence-corrected chi connectivity index (χ2v) is 7.34. The molecule has 1 unspecified atom stereocenters. The summed E-state index contributed by atoms with van der Waals surface area (Å²) < 4.78 is 0. The van der Waals surface area contributed by atoms with Crippen molar-refractivity contribution in [3.8, 4) is 0 Å². The van der Waals surface area contributed by atoms with Crippen molar-refractivity contribution in [1.82, 2.24) is 14.9 Å². The Balaban J connectivity index is 1.37. The first-order valence-electron chi connectivity index (χ1n) is 9.25. The maximum absolute atomic E-state index is 12.9. The number of carbonyl (C=O) groups is 1. The molecule has 0 saturated carbocycles. The SMILES string of the molecule is Cc1cccc(N2CCN(C(=O)C3CCc4nc(C)[nH]c4C3)CC2)c1. The van der Waals surface area contributed by atoms with E-state index in [-0.39, 0.29) is 5.92 Å². The van der Waals surface area contributed by atoms with Crippen LogP contribution in [-0.2, 0) is 17.6 Å². The second kappa shape index (κ2) is 6.54. The lowest BCUT2D eigenvalue weighted by Crippen LogP contribution is -2.51. The highest BCUT2D eigenvalue weighted by molar-refractivity contribution is 5.79. The third-order valence-corrected chi connectivity index (χ3v) is 5.47. The number of benzene rings is 1. The van der Waals surface area contributed by atoms with Crippen LogP contribution in [0.25, 0.3) is 0 Å². The molecule has 1 N–H and O–H groups in total. The number of nitrogens with zero attached hydrogens (tertiary/aromatic N) is 3. The van der Waals surface area contributed by atoms with E-state index in [0.717, 1.165) is 57.0 Å². The van der Waals surface area contributed by atoms with E-state index in [9.17, 15) is 4.79 Å². The minimum atomic E-state index is 0.109. The number of carbonyl (C=O) groups excluding carboxylic acids is 1. The van der Waals surface area contributed by atoms with Crippen LogP contribution in [0, 0.1) is 19.8 Å². The van der Waals surface area contributed by atoms with Crippen LogP contribution >= 0.6 is 0 Å². The molecule has 1 aliphatic heterocycles. The Kier molecular flexibility index (Phi) is 4.24. The molecule has 5 nitrogen and oxygen atoms in total. The van der Waals surface area contributed by atoms with Gasteiger partial charge >= 0.3 is 0 Å². The van der Waals surface area contributed by atoms with E-state index in [1.54, 1.807) is 0 Å². The maximum atomic E-state index is 12.9. The van der Waals surface area contributed by atoms with Crippen molar-refractivity contribution in [2.75, 3.05) is 31.1 Å². The standard InChI is InChI=1S/C20H26N4O/c1-14-4-3-5-17(12-14)23-8-10-24(11-9-23)20(25)16-6-7-18-19(13-16)22-15(2)21-18/h3-5,12,16H,6-11,13H2,1-2H3,(H,21,22). The minimum absolute atomic E-state index is 0.109. The molecule has 2 aromatic rings. The number of aromatic nitrogens is 2. The smallest absolute Gasteiger partial charge is 0.226 e. The van der Waals surface area contributed by atoms with Gasteiger partial charge < -0.3 is 14.8 Å². The number of aromatic amines is 1. The Bertz CT molecular complexity index is 774. The van der Waals surface area contributed by atoms with Crippen molar-refractivity contribution < 1.29 is 4.79 Å². The second-order valence-electron chi connectivity index (χ2n) is 7.34. The van der Waals surface area contributed by atoms with Gasteiger partial charge in [0, 0.05) is 49.9 Å². The van der Waals surface area contributed by atoms with Crippen LogP contribution in [0.5, 0.6) is 0 Å². The zero-order valence-corrected chi connectivity index (χ0v) is 15.1. The zero-order valence-electron chi connectivity index (χ0n) is 15.1. The van der Waals surface area contributed by atoms with Gasteiger partial charge in [-0.15, -0.1) is 0 Å². The topological polar surface area (TPSA) is 52.2 Å². The van der Waals surface area contributed by atoms with Crippen LogP contribution in [0.4, 0.5) is 5.69 Å². The number of aryl methyl sites for hydroxylation is 3. The average molecular weight is 338 g/mol. The number of hydrogen-bond acceptors (Lipinski definition) is 3. The summed E-state index contributed by atoms with van der Waals surface area (Å²) in [6, 6.07) is 8.61. The van der Waals surface area contributed by atoms with Crippen molar-refractivity contribution in [2.24, 2.45) is 5.92 Å². The normalized spacial score (nSPS) is 20.5. The minimum Gasteiger partial charge on any atom is -0.368 e. The molecule has 1 amide bonds. The fraction of sp³-hybridized carbons (Fsp3) is 0.500. The fourth-order valence-electron chi connectivity index (χ4n) is 4.10. The molecule has 4 rings (SSSR count). The Morgan fingerprint density at radius 2 is 2.00 bits per heavy atom. The van der Waals surface area contributed by atoms with Crippen LogP contribution < -0.4 is 4.90 Å². The summed E-state index contributed by atoms with van der Waals surface area (Å²) in [4.78, 5) is 25.2. The first kappa shape index (κ1) is 16.2. The quantitative estimate of drug-likeness (QED) is 0.915. The van der Waals surface area contributed by atoms with Gasteiger partial charge in [-0.1, -0.05) is 12.1 Å². The van der Waals surface area contributed by atoms with Gasteiger partial charge in [0.05, 0.1) is 5.69 Å². The van der Waals surface area contributed by atoms with Gasteiger partial charge in [0.15, 0.2) is 0 Å². The van der Waals surface area contributed by atoms with E-state index in [2.05, 4.69) is 51.0 Å². The lowest BCUT2D eigenvalue weighted by atomic mass is 9.88. The molecule has 1 saturated heterocycles. The van der Waals surface area contributed by atoms with E-state index in [1.807, 2.05) is 6.92 Å². The van der Waals surface area contributed by atoms with Crippen molar-refractivity contribution in [1.29, 1.82) is 0 Å². The van der Waals surface area contributed by atoms with Gasteiger partial charge in [-0.25, -0.2) is 4.98 Å². The monoisotopic (exact) mass is 338 g/mol. The lowest BCUT2D eigenvalue weighted by molar-refractivity contribution is -0.136. The fourth-order valence-corrected chi connectivity index (χ4v) is 4.10. The zero-order chi connectivity index (χ0) is 17.4. The first-order chi connectivity index (χ1) is 12.1. The summed E-state index contributed by atoms with van der Waals surface area (Å²) >= 11 is 0. The predicted molar refractivity (Wildman–Crippen MR) is 98.8 cm³/mol. The van der Waals surface area contributed by atoms with Crippen LogP contribution in [0.15, 0.2) is 24.3 Å². The number of H-pyrrole nitrogens is 1. The van der Waals surface area contributed by atoms with E-state index in [1.165, 1.54) is 16.9 Å². The summed E-state index contributed by atoms with van der Waals surface area (Å²) in [6.07, 6.45) is 2.65. The van der Waals surface area contributed by atoms with Gasteiger partial charge in [0.25, 0.3) is 0 Å². The molecule has 1 fully saturated rings. The highest BCUT2D eigenvalue weighted by atomic mass is 16.2. The van der Waals surface area contributed by atoms with Gasteiger partial charge in [-0.2, -0.15) is 0 Å². The number of piperazine rings is 1. The molecular formula is C20H26N4O. The number of nitrogens with one attached hydrogen (secondary N) is 1. The molecule has 1 aromatic heterocycles. The molecule has 2 aliphatic rings. The first-order valence-corrected chi connectivity index (χ1v) is 9.25. The number of fused-ring (bicyclic) bond motifs is 1. The Labute approximate surface area is 149 Å². The van der Waals surface area contributed by atoms with Crippen LogP contribution in [0.1, 0.15) is 29.2 Å². The molecule has 0 bridgehead atoms. The molecule has 1 aliphatic carbocycles. The van der Waals surface area contributed by atoms with Crippen LogP contribution in [0.3, 0.4) is 0 Å². The molecule has 132 valence electrons. The Hall–Kier alpha value is -2.30. The third kappa shape index (κ3) is 3.28. The number of rotatable bonds is 2. The molecule has 2 heterocycles. The van der Waals surface area contributed by atoms with Gasteiger partial charge in [-0.3, -0.25) is 4.79 Å². The molecule has 0 spiro atoms. The highest BCUT2D eigenvalue weighted by Crippen LogP contribution is 2.26. The van der Waals surface area contributed by atoms with Crippen molar-refractivity contribution in [3.05, 3.63) is 47.0 Å². The highest BCUT2D eigenvalue weighted by Gasteiger charge is 2.31. The van der Waals surface area contributed by atoms with Gasteiger partial charge in [-0.05, 0) is 44.4 Å². The van der Waals surface area contributed by atoms with Crippen molar-refractivity contribution in [2.45, 2.75) is 33.1 Å². The average Bonchev–Trinajstić information content (AvgIpc) is 3.00. The number of amides is 1. The molecular weight excluding hydrogens is 312 g/mol. The molecule has 25 heavy (non-hydrogen) atoms. The molecule has 0 radical (unpaired) electrons.